The van der Waals surface area contributed by atoms with Gasteiger partial charge in [-0.25, -0.2) is 0 Å². The lowest BCUT2D eigenvalue weighted by atomic mass is 9.83. The van der Waals surface area contributed by atoms with Crippen LogP contribution in [0.5, 0.6) is 0 Å². The maximum Gasteiger partial charge on any atom is 0.266 e. The lowest BCUT2D eigenvalue weighted by Crippen LogP contribution is -2.49. The Bertz CT molecular complexity index is 255. The molecule has 0 bridgehead atoms. The first-order valence-electron chi connectivity index (χ1n) is 4.62. The van der Waals surface area contributed by atoms with Crippen molar-refractivity contribution in [1.29, 1.82) is 0 Å². The van der Waals surface area contributed by atoms with Gasteiger partial charge in [-0.1, -0.05) is 19.3 Å². The van der Waals surface area contributed by atoms with E-state index in [-0.39, 0.29) is 11.3 Å². The molecule has 0 atom stereocenters. The molecule has 13 heavy (non-hydrogen) atoms. The first-order valence-corrected chi connectivity index (χ1v) is 6.22. The molecule has 0 radical (unpaired) electrons. The van der Waals surface area contributed by atoms with E-state index in [1.54, 1.807) is 7.05 Å². The average Bonchev–Trinajstić information content (AvgIpc) is 2.03. The molecule has 1 fully saturated rings. The summed E-state index contributed by atoms with van der Waals surface area (Å²) in [6.45, 7) is 0. The molecule has 0 heterocycles. The first-order chi connectivity index (χ1) is 5.97. The van der Waals surface area contributed by atoms with Gasteiger partial charge in [-0.15, -0.1) is 0 Å². The van der Waals surface area contributed by atoms with Crippen LogP contribution in [-0.4, -0.2) is 31.3 Å². The summed E-state index contributed by atoms with van der Waals surface area (Å²) >= 11 is 0. The van der Waals surface area contributed by atoms with E-state index in [2.05, 4.69) is 5.32 Å². The number of rotatable bonds is 3. The van der Waals surface area contributed by atoms with Gasteiger partial charge in [0.15, 0.2) is 0 Å². The van der Waals surface area contributed by atoms with Crippen LogP contribution in [-0.2, 0) is 10.1 Å². The van der Waals surface area contributed by atoms with Crippen LogP contribution in [0.4, 0.5) is 0 Å². The van der Waals surface area contributed by atoms with E-state index in [1.165, 1.54) is 0 Å². The smallest absolute Gasteiger partial charge is 0.266 e. The third-order valence-electron chi connectivity index (χ3n) is 2.80. The van der Waals surface area contributed by atoms with Gasteiger partial charge in [0, 0.05) is 5.54 Å². The van der Waals surface area contributed by atoms with Gasteiger partial charge in [-0.05, 0) is 19.9 Å². The SMILES string of the molecule is CNC1(CS(=O)(=O)O)CCCCC1. The minimum absolute atomic E-state index is 0.156. The number of hydrogen-bond acceptors (Lipinski definition) is 3. The Hall–Kier alpha value is -0.130. The summed E-state index contributed by atoms with van der Waals surface area (Å²) in [7, 11) is -2.10. The van der Waals surface area contributed by atoms with Gasteiger partial charge in [-0.3, -0.25) is 4.55 Å². The second-order valence-electron chi connectivity index (χ2n) is 3.82. The van der Waals surface area contributed by atoms with Crippen molar-refractivity contribution in [3.8, 4) is 0 Å². The predicted octanol–water partition coefficient (Wildman–Crippen LogP) is 0.796. The first kappa shape index (κ1) is 10.9. The van der Waals surface area contributed by atoms with Crippen molar-refractivity contribution in [2.24, 2.45) is 0 Å². The zero-order valence-corrected chi connectivity index (χ0v) is 8.73. The van der Waals surface area contributed by atoms with Crippen molar-refractivity contribution in [2.45, 2.75) is 37.6 Å². The fraction of sp³-hybridized carbons (Fsp3) is 1.00. The maximum absolute atomic E-state index is 10.8. The van der Waals surface area contributed by atoms with Crippen molar-refractivity contribution in [3.05, 3.63) is 0 Å². The molecule has 1 aliphatic rings. The summed E-state index contributed by atoms with van der Waals surface area (Å²) in [4.78, 5) is 0. The highest BCUT2D eigenvalue weighted by Gasteiger charge is 2.34. The van der Waals surface area contributed by atoms with E-state index in [9.17, 15) is 8.42 Å². The van der Waals surface area contributed by atoms with E-state index in [4.69, 9.17) is 4.55 Å². The van der Waals surface area contributed by atoms with Gasteiger partial charge in [0.2, 0.25) is 0 Å². The van der Waals surface area contributed by atoms with E-state index in [0.29, 0.717) is 0 Å². The Labute approximate surface area is 79.5 Å². The Kier molecular flexibility index (Phi) is 3.32. The van der Waals surface area contributed by atoms with Crippen molar-refractivity contribution >= 4 is 10.1 Å². The van der Waals surface area contributed by atoms with Crippen LogP contribution in [0.2, 0.25) is 0 Å². The highest BCUT2D eigenvalue weighted by atomic mass is 32.2. The molecule has 2 N–H and O–H groups in total. The number of nitrogens with one attached hydrogen (secondary N) is 1. The molecule has 4 nitrogen and oxygen atoms in total. The second kappa shape index (κ2) is 3.94. The summed E-state index contributed by atoms with van der Waals surface area (Å²) in [5.74, 6) is -0.156. The van der Waals surface area contributed by atoms with Gasteiger partial charge < -0.3 is 5.32 Å². The summed E-state index contributed by atoms with van der Waals surface area (Å²) in [6, 6.07) is 0. The fourth-order valence-electron chi connectivity index (χ4n) is 2.04. The Morgan fingerprint density at radius 2 is 1.85 bits per heavy atom. The van der Waals surface area contributed by atoms with Crippen LogP contribution >= 0.6 is 0 Å². The monoisotopic (exact) mass is 207 g/mol. The summed E-state index contributed by atoms with van der Waals surface area (Å²) < 4.78 is 30.4. The Morgan fingerprint density at radius 1 is 1.31 bits per heavy atom. The minimum atomic E-state index is -3.86. The van der Waals surface area contributed by atoms with Crippen molar-refractivity contribution in [2.75, 3.05) is 12.8 Å². The standard InChI is InChI=1S/C8H17NO3S/c1-9-8(7-13(10,11)12)5-3-2-4-6-8/h9H,2-7H2,1H3,(H,10,11,12). The molecule has 0 spiro atoms. The van der Waals surface area contributed by atoms with Gasteiger partial charge in [-0.2, -0.15) is 8.42 Å². The van der Waals surface area contributed by atoms with E-state index < -0.39 is 10.1 Å². The molecule has 0 saturated heterocycles. The van der Waals surface area contributed by atoms with E-state index in [0.717, 1.165) is 32.1 Å². The van der Waals surface area contributed by atoms with Gasteiger partial charge in [0.05, 0.1) is 5.75 Å². The molecule has 1 aliphatic carbocycles. The van der Waals surface area contributed by atoms with Gasteiger partial charge in [0.25, 0.3) is 10.1 Å². The van der Waals surface area contributed by atoms with Gasteiger partial charge >= 0.3 is 0 Å². The predicted molar refractivity (Wildman–Crippen MR) is 51.3 cm³/mol. The largest absolute Gasteiger partial charge is 0.313 e. The average molecular weight is 207 g/mol. The quantitative estimate of drug-likeness (QED) is 0.672. The molecular weight excluding hydrogens is 190 g/mol. The lowest BCUT2D eigenvalue weighted by Gasteiger charge is -2.35. The van der Waals surface area contributed by atoms with E-state index >= 15 is 0 Å². The van der Waals surface area contributed by atoms with Crippen molar-refractivity contribution in [3.63, 3.8) is 0 Å². The normalized spacial score (nSPS) is 22.9. The lowest BCUT2D eigenvalue weighted by molar-refractivity contribution is 0.269. The maximum atomic E-state index is 10.8. The molecular formula is C8H17NO3S. The molecule has 0 aromatic heterocycles. The highest BCUT2D eigenvalue weighted by molar-refractivity contribution is 7.85. The molecule has 0 amide bonds. The minimum Gasteiger partial charge on any atom is -0.313 e. The molecule has 1 rings (SSSR count). The van der Waals surface area contributed by atoms with Crippen molar-refractivity contribution in [1.82, 2.24) is 5.32 Å². The Balaban J connectivity index is 2.68. The molecule has 5 heteroatoms. The third-order valence-corrected chi connectivity index (χ3v) is 3.72. The van der Waals surface area contributed by atoms with Gasteiger partial charge in [0.1, 0.15) is 0 Å². The third kappa shape index (κ3) is 3.25. The summed E-state index contributed by atoms with van der Waals surface area (Å²) in [6.07, 6.45) is 4.91. The number of hydrogen-bond donors (Lipinski definition) is 2. The Morgan fingerprint density at radius 3 is 2.23 bits per heavy atom. The molecule has 1 saturated carbocycles. The zero-order valence-electron chi connectivity index (χ0n) is 7.91. The fourth-order valence-corrected chi connectivity index (χ4v) is 3.18. The van der Waals surface area contributed by atoms with Crippen LogP contribution in [0.3, 0.4) is 0 Å². The van der Waals surface area contributed by atoms with E-state index in [1.807, 2.05) is 0 Å². The molecule has 0 unspecified atom stereocenters. The summed E-state index contributed by atoms with van der Waals surface area (Å²) in [5, 5.41) is 3.03. The summed E-state index contributed by atoms with van der Waals surface area (Å²) in [5.41, 5.74) is -0.383. The van der Waals surface area contributed by atoms with Crippen LogP contribution in [0.15, 0.2) is 0 Å². The second-order valence-corrected chi connectivity index (χ2v) is 5.27. The topological polar surface area (TPSA) is 66.4 Å². The molecule has 0 aromatic carbocycles. The molecule has 0 aromatic rings. The highest BCUT2D eigenvalue weighted by Crippen LogP contribution is 2.28. The van der Waals surface area contributed by atoms with Crippen molar-refractivity contribution < 1.29 is 13.0 Å². The van der Waals surface area contributed by atoms with Crippen LogP contribution in [0.1, 0.15) is 32.1 Å². The zero-order chi connectivity index (χ0) is 9.95. The molecule has 78 valence electrons. The van der Waals surface area contributed by atoms with Crippen LogP contribution in [0.25, 0.3) is 0 Å². The van der Waals surface area contributed by atoms with Crippen LogP contribution < -0.4 is 5.32 Å². The van der Waals surface area contributed by atoms with Crippen LogP contribution in [0, 0.1) is 0 Å². The molecule has 0 aliphatic heterocycles.